The standard InChI is InChI=1S/C12H11IN2S/c1-2-9-4-5-11-10(8-9)15-12(16-11)14-7-3-6-13/h4-5,8H,2,7H2,1H3,(H,14,15). The number of aryl methyl sites for hydroxylation is 1. The van der Waals surface area contributed by atoms with Crippen molar-refractivity contribution in [2.75, 3.05) is 11.9 Å². The van der Waals surface area contributed by atoms with Crippen LogP contribution < -0.4 is 5.32 Å². The summed E-state index contributed by atoms with van der Waals surface area (Å²) in [4.78, 5) is 4.53. The molecule has 0 saturated heterocycles. The highest BCUT2D eigenvalue weighted by molar-refractivity contribution is 14.1. The van der Waals surface area contributed by atoms with Gasteiger partial charge in [0, 0.05) is 22.6 Å². The number of benzene rings is 1. The van der Waals surface area contributed by atoms with Crippen molar-refractivity contribution in [1.29, 1.82) is 0 Å². The van der Waals surface area contributed by atoms with Crippen LogP contribution in [-0.2, 0) is 6.42 Å². The van der Waals surface area contributed by atoms with E-state index in [-0.39, 0.29) is 0 Å². The van der Waals surface area contributed by atoms with E-state index in [4.69, 9.17) is 0 Å². The van der Waals surface area contributed by atoms with Gasteiger partial charge in [0.05, 0.1) is 16.8 Å². The zero-order chi connectivity index (χ0) is 11.4. The van der Waals surface area contributed by atoms with Gasteiger partial charge in [-0.3, -0.25) is 0 Å². The molecule has 2 rings (SSSR count). The summed E-state index contributed by atoms with van der Waals surface area (Å²) >= 11 is 3.71. The highest BCUT2D eigenvalue weighted by atomic mass is 127. The van der Waals surface area contributed by atoms with Crippen molar-refractivity contribution in [2.24, 2.45) is 0 Å². The fourth-order valence-corrected chi connectivity index (χ4v) is 2.45. The predicted molar refractivity (Wildman–Crippen MR) is 79.3 cm³/mol. The number of fused-ring (bicyclic) bond motifs is 1. The summed E-state index contributed by atoms with van der Waals surface area (Å²) in [5, 5.41) is 4.15. The zero-order valence-electron chi connectivity index (χ0n) is 8.88. The minimum Gasteiger partial charge on any atom is -0.351 e. The normalized spacial score (nSPS) is 9.88. The second kappa shape index (κ2) is 5.51. The van der Waals surface area contributed by atoms with E-state index in [0.717, 1.165) is 17.1 Å². The van der Waals surface area contributed by atoms with E-state index in [9.17, 15) is 0 Å². The lowest BCUT2D eigenvalue weighted by molar-refractivity contribution is 1.14. The van der Waals surface area contributed by atoms with Crippen LogP contribution in [-0.4, -0.2) is 11.5 Å². The number of hydrogen-bond donors (Lipinski definition) is 1. The molecule has 16 heavy (non-hydrogen) atoms. The summed E-state index contributed by atoms with van der Waals surface area (Å²) < 4.78 is 4.05. The van der Waals surface area contributed by atoms with Gasteiger partial charge in [0.15, 0.2) is 5.13 Å². The van der Waals surface area contributed by atoms with E-state index in [0.29, 0.717) is 6.54 Å². The van der Waals surface area contributed by atoms with E-state index < -0.39 is 0 Å². The number of nitrogens with zero attached hydrogens (tertiary/aromatic N) is 1. The van der Waals surface area contributed by atoms with Crippen LogP contribution >= 0.6 is 33.9 Å². The number of anilines is 1. The van der Waals surface area contributed by atoms with Crippen LogP contribution in [0.4, 0.5) is 5.13 Å². The molecular weight excluding hydrogens is 331 g/mol. The molecule has 2 nitrogen and oxygen atoms in total. The Hall–Kier alpha value is -0.800. The zero-order valence-corrected chi connectivity index (χ0v) is 11.9. The summed E-state index contributed by atoms with van der Waals surface area (Å²) in [5.41, 5.74) is 2.41. The predicted octanol–water partition coefficient (Wildman–Crippen LogP) is 3.67. The molecule has 0 radical (unpaired) electrons. The molecule has 4 heteroatoms. The van der Waals surface area contributed by atoms with Gasteiger partial charge in [0.1, 0.15) is 0 Å². The van der Waals surface area contributed by atoms with Gasteiger partial charge in [-0.05, 0) is 28.0 Å². The van der Waals surface area contributed by atoms with Crippen LogP contribution in [0.15, 0.2) is 18.2 Å². The first kappa shape index (κ1) is 11.7. The third-order valence-corrected chi connectivity index (χ3v) is 3.63. The fraction of sp³-hybridized carbons (Fsp3) is 0.250. The molecule has 2 aromatic rings. The van der Waals surface area contributed by atoms with Gasteiger partial charge < -0.3 is 5.32 Å². The Balaban J connectivity index is 2.24. The molecule has 0 unspecified atom stereocenters. The van der Waals surface area contributed by atoms with Crippen molar-refractivity contribution in [3.63, 3.8) is 0 Å². The molecule has 0 aliphatic heterocycles. The second-order valence-electron chi connectivity index (χ2n) is 3.30. The van der Waals surface area contributed by atoms with Crippen molar-refractivity contribution in [3.05, 3.63) is 23.8 Å². The van der Waals surface area contributed by atoms with Crippen molar-refractivity contribution in [3.8, 4) is 9.85 Å². The Kier molecular flexibility index (Phi) is 4.02. The van der Waals surface area contributed by atoms with Gasteiger partial charge in [-0.1, -0.05) is 30.2 Å². The molecule has 0 saturated carbocycles. The number of rotatable bonds is 3. The molecule has 1 heterocycles. The number of aromatic nitrogens is 1. The highest BCUT2D eigenvalue weighted by Gasteiger charge is 2.02. The van der Waals surface area contributed by atoms with E-state index in [1.807, 2.05) is 22.6 Å². The number of halogens is 1. The SMILES string of the molecule is CCc1ccc2sc(NCC#CI)nc2c1. The van der Waals surface area contributed by atoms with Gasteiger partial charge in [0.25, 0.3) is 0 Å². The molecule has 82 valence electrons. The summed E-state index contributed by atoms with van der Waals surface area (Å²) in [6.07, 6.45) is 1.05. The summed E-state index contributed by atoms with van der Waals surface area (Å²) in [5.74, 6) is 2.96. The van der Waals surface area contributed by atoms with Crippen molar-refractivity contribution in [2.45, 2.75) is 13.3 Å². The molecule has 0 aliphatic rings. The number of nitrogens with one attached hydrogen (secondary N) is 1. The third kappa shape index (κ3) is 2.66. The first-order valence-corrected chi connectivity index (χ1v) is 6.95. The molecule has 1 aromatic carbocycles. The quantitative estimate of drug-likeness (QED) is 0.680. The van der Waals surface area contributed by atoms with Crippen molar-refractivity contribution in [1.82, 2.24) is 4.98 Å². The maximum absolute atomic E-state index is 4.53. The average molecular weight is 342 g/mol. The van der Waals surface area contributed by atoms with Crippen LogP contribution in [0.5, 0.6) is 0 Å². The molecule has 0 atom stereocenters. The van der Waals surface area contributed by atoms with Gasteiger partial charge in [0.2, 0.25) is 0 Å². The summed E-state index contributed by atoms with van der Waals surface area (Å²) in [7, 11) is 0. The Bertz CT molecular complexity index is 551. The lowest BCUT2D eigenvalue weighted by Gasteiger charge is -1.93. The van der Waals surface area contributed by atoms with E-state index in [2.05, 4.69) is 45.3 Å². The monoisotopic (exact) mass is 342 g/mol. The smallest absolute Gasteiger partial charge is 0.184 e. The molecule has 0 bridgehead atoms. The Labute approximate surface area is 113 Å². The highest BCUT2D eigenvalue weighted by Crippen LogP contribution is 2.26. The number of hydrogen-bond acceptors (Lipinski definition) is 3. The fourth-order valence-electron chi connectivity index (χ4n) is 1.42. The summed E-state index contributed by atoms with van der Waals surface area (Å²) in [6, 6.07) is 6.46. The first-order valence-electron chi connectivity index (χ1n) is 5.05. The second-order valence-corrected chi connectivity index (χ2v) is 4.87. The molecular formula is C12H11IN2S. The van der Waals surface area contributed by atoms with Crippen LogP contribution in [0.1, 0.15) is 12.5 Å². The van der Waals surface area contributed by atoms with E-state index >= 15 is 0 Å². The molecule has 0 amide bonds. The maximum Gasteiger partial charge on any atom is 0.184 e. The molecule has 0 aliphatic carbocycles. The minimum absolute atomic E-state index is 0.656. The van der Waals surface area contributed by atoms with Gasteiger partial charge in [-0.25, -0.2) is 4.98 Å². The van der Waals surface area contributed by atoms with Gasteiger partial charge >= 0.3 is 0 Å². The lowest BCUT2D eigenvalue weighted by Crippen LogP contribution is -1.96. The third-order valence-electron chi connectivity index (χ3n) is 2.26. The van der Waals surface area contributed by atoms with Crippen LogP contribution in [0.25, 0.3) is 10.2 Å². The molecule has 1 N–H and O–H groups in total. The Morgan fingerprint density at radius 3 is 3.12 bits per heavy atom. The Morgan fingerprint density at radius 2 is 2.38 bits per heavy atom. The first-order chi connectivity index (χ1) is 7.83. The van der Waals surface area contributed by atoms with Crippen LogP contribution in [0, 0.1) is 9.85 Å². The topological polar surface area (TPSA) is 24.9 Å². The van der Waals surface area contributed by atoms with E-state index in [1.165, 1.54) is 10.3 Å². The minimum atomic E-state index is 0.656. The lowest BCUT2D eigenvalue weighted by atomic mass is 10.2. The Morgan fingerprint density at radius 1 is 1.50 bits per heavy atom. The molecule has 1 aromatic heterocycles. The maximum atomic E-state index is 4.53. The average Bonchev–Trinajstić information content (AvgIpc) is 2.70. The van der Waals surface area contributed by atoms with Crippen molar-refractivity contribution >= 4 is 49.3 Å². The molecule has 0 spiro atoms. The van der Waals surface area contributed by atoms with Crippen LogP contribution in [0.2, 0.25) is 0 Å². The van der Waals surface area contributed by atoms with Gasteiger partial charge in [-0.15, -0.1) is 0 Å². The van der Waals surface area contributed by atoms with E-state index in [1.54, 1.807) is 11.3 Å². The molecule has 0 fully saturated rings. The summed E-state index contributed by atoms with van der Waals surface area (Å²) in [6.45, 7) is 2.81. The van der Waals surface area contributed by atoms with Crippen molar-refractivity contribution < 1.29 is 0 Å². The van der Waals surface area contributed by atoms with Gasteiger partial charge in [-0.2, -0.15) is 0 Å². The van der Waals surface area contributed by atoms with Crippen LogP contribution in [0.3, 0.4) is 0 Å². The largest absolute Gasteiger partial charge is 0.351 e. The number of thiazole rings is 1.